The zero-order valence-corrected chi connectivity index (χ0v) is 19.8. The van der Waals surface area contributed by atoms with Gasteiger partial charge in [0.1, 0.15) is 6.04 Å². The summed E-state index contributed by atoms with van der Waals surface area (Å²) in [7, 11) is -8.04. The zero-order chi connectivity index (χ0) is 24.0. The normalized spacial score (nSPS) is 20.2. The highest BCUT2D eigenvalue weighted by molar-refractivity contribution is 7.89. The first-order chi connectivity index (χ1) is 15.5. The topological polar surface area (TPSA) is 135 Å². The molecule has 2 N–H and O–H groups in total. The van der Waals surface area contributed by atoms with Crippen molar-refractivity contribution < 1.29 is 26.4 Å². The molecule has 2 amide bonds. The van der Waals surface area contributed by atoms with Crippen LogP contribution in [0.15, 0.2) is 58.3 Å². The summed E-state index contributed by atoms with van der Waals surface area (Å²) in [6.45, 7) is 0. The van der Waals surface area contributed by atoms with Crippen molar-refractivity contribution in [1.82, 2.24) is 4.31 Å². The summed E-state index contributed by atoms with van der Waals surface area (Å²) in [4.78, 5) is 26.9. The number of anilines is 1. The highest BCUT2D eigenvalue weighted by atomic mass is 35.5. The molecule has 1 heterocycles. The monoisotopic (exact) mass is 511 g/mol. The van der Waals surface area contributed by atoms with Crippen LogP contribution in [0.1, 0.15) is 32.1 Å². The summed E-state index contributed by atoms with van der Waals surface area (Å²) in [6.07, 6.45) is 2.52. The van der Waals surface area contributed by atoms with E-state index in [0.717, 1.165) is 17.7 Å². The molecule has 0 spiro atoms. The number of imide groups is 1. The van der Waals surface area contributed by atoms with Gasteiger partial charge in [-0.3, -0.25) is 9.59 Å². The molecule has 1 atom stereocenters. The second-order valence-corrected chi connectivity index (χ2v) is 11.9. The van der Waals surface area contributed by atoms with Crippen molar-refractivity contribution in [1.29, 1.82) is 0 Å². The maximum atomic E-state index is 13.6. The van der Waals surface area contributed by atoms with Gasteiger partial charge in [0.2, 0.25) is 26.0 Å². The molecule has 9 nitrogen and oxygen atoms in total. The number of sulfonamides is 2. The summed E-state index contributed by atoms with van der Waals surface area (Å²) in [6, 6.07) is 9.06. The Morgan fingerprint density at radius 1 is 0.879 bits per heavy atom. The molecule has 1 saturated carbocycles. The fourth-order valence-corrected chi connectivity index (χ4v) is 6.84. The molecule has 4 rings (SSSR count). The van der Waals surface area contributed by atoms with Crippen LogP contribution in [-0.4, -0.2) is 45.0 Å². The Labute approximate surface area is 197 Å². The lowest BCUT2D eigenvalue weighted by Gasteiger charge is -2.32. The van der Waals surface area contributed by atoms with Gasteiger partial charge in [-0.1, -0.05) is 24.4 Å². The van der Waals surface area contributed by atoms with E-state index in [0.29, 0.717) is 17.9 Å². The number of nitrogens with zero attached hydrogens (tertiary/aromatic N) is 2. The number of nitrogens with two attached hydrogens (primary N) is 1. The van der Waals surface area contributed by atoms with E-state index in [1.807, 2.05) is 0 Å². The maximum Gasteiger partial charge on any atom is 0.252 e. The van der Waals surface area contributed by atoms with Crippen molar-refractivity contribution in [3.8, 4) is 0 Å². The van der Waals surface area contributed by atoms with Crippen molar-refractivity contribution in [2.24, 2.45) is 5.14 Å². The number of carbonyl (C=O) groups is 2. The van der Waals surface area contributed by atoms with Gasteiger partial charge in [-0.05, 0) is 61.4 Å². The SMILES string of the molecule is NS(=O)(=O)c1ccc(N2C(=O)CC(N(C3CCCC3)S(=O)(=O)c3ccc(Cl)cc3)C2=O)cc1. The summed E-state index contributed by atoms with van der Waals surface area (Å²) >= 11 is 5.90. The van der Waals surface area contributed by atoms with Crippen molar-refractivity contribution in [3.63, 3.8) is 0 Å². The van der Waals surface area contributed by atoms with Crippen LogP contribution in [0, 0.1) is 0 Å². The summed E-state index contributed by atoms with van der Waals surface area (Å²) in [5.74, 6) is -1.24. The first-order valence-corrected chi connectivity index (χ1v) is 13.7. The highest BCUT2D eigenvalue weighted by Crippen LogP contribution is 2.36. The molecule has 1 saturated heterocycles. The number of halogens is 1. The summed E-state index contributed by atoms with van der Waals surface area (Å²) in [5.41, 5.74) is 0.148. The van der Waals surface area contributed by atoms with E-state index in [-0.39, 0.29) is 21.9 Å². The van der Waals surface area contributed by atoms with Gasteiger partial charge in [-0.15, -0.1) is 0 Å². The summed E-state index contributed by atoms with van der Waals surface area (Å²) in [5, 5.41) is 5.48. The van der Waals surface area contributed by atoms with Crippen molar-refractivity contribution in [2.75, 3.05) is 4.90 Å². The number of hydrogen-bond acceptors (Lipinski definition) is 6. The third-order valence-corrected chi connectivity index (χ3v) is 9.08. The average Bonchev–Trinajstić information content (AvgIpc) is 3.36. The van der Waals surface area contributed by atoms with Gasteiger partial charge >= 0.3 is 0 Å². The minimum atomic E-state index is -4.09. The van der Waals surface area contributed by atoms with Crippen LogP contribution in [0.4, 0.5) is 5.69 Å². The third-order valence-electron chi connectivity index (χ3n) is 5.93. The molecule has 1 unspecified atom stereocenters. The molecule has 0 aromatic heterocycles. The molecule has 12 heteroatoms. The van der Waals surface area contributed by atoms with E-state index in [1.54, 1.807) is 0 Å². The molecular weight excluding hydrogens is 490 g/mol. The van der Waals surface area contributed by atoms with Crippen LogP contribution in [0.25, 0.3) is 0 Å². The first-order valence-electron chi connectivity index (χ1n) is 10.3. The van der Waals surface area contributed by atoms with Crippen LogP contribution in [0.5, 0.6) is 0 Å². The van der Waals surface area contributed by atoms with Gasteiger partial charge in [0.25, 0.3) is 5.91 Å². The van der Waals surface area contributed by atoms with Crippen LogP contribution >= 0.6 is 11.6 Å². The van der Waals surface area contributed by atoms with E-state index in [9.17, 15) is 26.4 Å². The highest BCUT2D eigenvalue weighted by Gasteiger charge is 2.49. The van der Waals surface area contributed by atoms with Gasteiger partial charge in [0.15, 0.2) is 0 Å². The minimum absolute atomic E-state index is 0.00463. The smallest absolute Gasteiger partial charge is 0.252 e. The second kappa shape index (κ2) is 8.80. The fraction of sp³-hybridized carbons (Fsp3) is 0.333. The fourth-order valence-electron chi connectivity index (χ4n) is 4.38. The largest absolute Gasteiger partial charge is 0.274 e. The lowest BCUT2D eigenvalue weighted by atomic mass is 10.2. The quantitative estimate of drug-likeness (QED) is 0.591. The van der Waals surface area contributed by atoms with E-state index < -0.39 is 43.9 Å². The van der Waals surface area contributed by atoms with Crippen LogP contribution < -0.4 is 10.0 Å². The standard InChI is InChI=1S/C21H22ClN3O6S2/c22-14-5-9-18(10-6-14)33(30,31)25(16-3-1-2-4-16)19-13-20(26)24(21(19)27)15-7-11-17(12-8-15)32(23,28)29/h5-12,16,19H,1-4,13H2,(H2,23,28,29). The number of benzene rings is 2. The molecule has 2 aromatic carbocycles. The Balaban J connectivity index is 1.71. The number of hydrogen-bond donors (Lipinski definition) is 1. The second-order valence-electron chi connectivity index (χ2n) is 8.05. The minimum Gasteiger partial charge on any atom is -0.274 e. The van der Waals surface area contributed by atoms with Gasteiger partial charge in [-0.25, -0.2) is 26.9 Å². The lowest BCUT2D eigenvalue weighted by molar-refractivity contribution is -0.122. The van der Waals surface area contributed by atoms with Crippen molar-refractivity contribution in [3.05, 3.63) is 53.6 Å². The third kappa shape index (κ3) is 4.56. The van der Waals surface area contributed by atoms with Crippen LogP contribution in [-0.2, 0) is 29.6 Å². The molecule has 33 heavy (non-hydrogen) atoms. The Hall–Kier alpha value is -2.31. The maximum absolute atomic E-state index is 13.6. The molecule has 1 aliphatic heterocycles. The molecular formula is C21H22ClN3O6S2. The van der Waals surface area contributed by atoms with Crippen LogP contribution in [0.3, 0.4) is 0 Å². The Bertz CT molecular complexity index is 1290. The Morgan fingerprint density at radius 3 is 1.97 bits per heavy atom. The Morgan fingerprint density at radius 2 is 1.42 bits per heavy atom. The van der Waals surface area contributed by atoms with Crippen LogP contribution in [0.2, 0.25) is 5.02 Å². The number of primary sulfonamides is 1. The van der Waals surface area contributed by atoms with Crippen molar-refractivity contribution in [2.45, 2.75) is 54.0 Å². The zero-order valence-electron chi connectivity index (χ0n) is 17.4. The molecule has 0 radical (unpaired) electrons. The lowest BCUT2D eigenvalue weighted by Crippen LogP contribution is -2.49. The molecule has 0 bridgehead atoms. The van der Waals surface area contributed by atoms with Gasteiger partial charge in [-0.2, -0.15) is 4.31 Å². The predicted octanol–water partition coefficient (Wildman–Crippen LogP) is 2.25. The number of amides is 2. The van der Waals surface area contributed by atoms with E-state index in [4.69, 9.17) is 16.7 Å². The van der Waals surface area contributed by atoms with Gasteiger partial charge < -0.3 is 0 Å². The average molecular weight is 512 g/mol. The molecule has 2 fully saturated rings. The number of rotatable bonds is 6. The molecule has 2 aliphatic rings. The van der Waals surface area contributed by atoms with Gasteiger partial charge in [0.05, 0.1) is 21.9 Å². The van der Waals surface area contributed by atoms with E-state index >= 15 is 0 Å². The Kier molecular flexibility index (Phi) is 6.36. The molecule has 176 valence electrons. The van der Waals surface area contributed by atoms with E-state index in [1.165, 1.54) is 52.8 Å². The summed E-state index contributed by atoms with van der Waals surface area (Å²) < 4.78 is 51.4. The van der Waals surface area contributed by atoms with E-state index in [2.05, 4.69) is 0 Å². The predicted molar refractivity (Wildman–Crippen MR) is 121 cm³/mol. The number of carbonyl (C=O) groups excluding carboxylic acids is 2. The van der Waals surface area contributed by atoms with Crippen molar-refractivity contribution >= 4 is 49.1 Å². The first kappa shape index (κ1) is 23.8. The molecule has 2 aromatic rings. The van der Waals surface area contributed by atoms with Gasteiger partial charge in [0, 0.05) is 11.1 Å². The molecule has 1 aliphatic carbocycles.